The number of nitrogens with one attached hydrogen (secondary N) is 1. The van der Waals surface area contributed by atoms with Crippen molar-refractivity contribution in [2.24, 2.45) is 0 Å². The van der Waals surface area contributed by atoms with Gasteiger partial charge >= 0.3 is 0 Å². The molecule has 0 fully saturated rings. The van der Waals surface area contributed by atoms with Crippen molar-refractivity contribution in [1.29, 1.82) is 0 Å². The van der Waals surface area contributed by atoms with E-state index in [0.717, 1.165) is 29.7 Å². The van der Waals surface area contributed by atoms with E-state index in [9.17, 15) is 4.79 Å². The van der Waals surface area contributed by atoms with Crippen molar-refractivity contribution >= 4 is 34.8 Å². The third-order valence-corrected chi connectivity index (χ3v) is 4.12. The van der Waals surface area contributed by atoms with Crippen LogP contribution in [0.5, 0.6) is 0 Å². The lowest BCUT2D eigenvalue weighted by Gasteiger charge is -2.16. The lowest BCUT2D eigenvalue weighted by molar-refractivity contribution is 0.102. The first kappa shape index (κ1) is 15.9. The second-order valence-corrected chi connectivity index (χ2v) is 5.52. The first-order valence-electron chi connectivity index (χ1n) is 6.94. The van der Waals surface area contributed by atoms with E-state index in [2.05, 4.69) is 5.32 Å². The average Bonchev–Trinajstić information content (AvgIpc) is 2.48. The zero-order valence-corrected chi connectivity index (χ0v) is 13.6. The zero-order chi connectivity index (χ0) is 15.4. The topological polar surface area (TPSA) is 29.1 Å². The molecule has 0 radical (unpaired) electrons. The molecule has 0 spiro atoms. The summed E-state index contributed by atoms with van der Waals surface area (Å²) < 4.78 is 0. The summed E-state index contributed by atoms with van der Waals surface area (Å²) in [6, 6.07) is 10.8. The van der Waals surface area contributed by atoms with E-state index in [1.165, 1.54) is 0 Å². The van der Waals surface area contributed by atoms with E-state index in [-0.39, 0.29) is 5.91 Å². The maximum absolute atomic E-state index is 12.4. The van der Waals surface area contributed by atoms with Crippen molar-refractivity contribution in [3.63, 3.8) is 0 Å². The highest BCUT2D eigenvalue weighted by Crippen LogP contribution is 2.30. The first-order chi connectivity index (χ1) is 10.1. The van der Waals surface area contributed by atoms with Crippen molar-refractivity contribution in [2.45, 2.75) is 26.7 Å². The summed E-state index contributed by atoms with van der Waals surface area (Å²) in [7, 11) is 0. The average molecular weight is 322 g/mol. The standard InChI is InChI=1S/C17H17Cl2NO/c1-3-11-9-10-15(19)12(4-2)16(11)20-17(21)13-7-5-6-8-14(13)18/h5-10H,3-4H2,1-2H3,(H,20,21). The minimum absolute atomic E-state index is 0.215. The molecule has 2 aromatic rings. The zero-order valence-electron chi connectivity index (χ0n) is 12.0. The van der Waals surface area contributed by atoms with Gasteiger partial charge in [-0.2, -0.15) is 0 Å². The maximum Gasteiger partial charge on any atom is 0.257 e. The molecule has 2 aromatic carbocycles. The molecule has 0 saturated carbocycles. The Hall–Kier alpha value is -1.51. The second-order valence-electron chi connectivity index (χ2n) is 4.70. The fourth-order valence-corrected chi connectivity index (χ4v) is 2.81. The number of hydrogen-bond donors (Lipinski definition) is 1. The van der Waals surface area contributed by atoms with Gasteiger partial charge in [-0.3, -0.25) is 4.79 Å². The quantitative estimate of drug-likeness (QED) is 0.805. The molecule has 0 unspecified atom stereocenters. The van der Waals surface area contributed by atoms with Crippen molar-refractivity contribution in [3.8, 4) is 0 Å². The molecular formula is C17H17Cl2NO. The molecule has 2 nitrogen and oxygen atoms in total. The van der Waals surface area contributed by atoms with Crippen LogP contribution in [0.2, 0.25) is 10.0 Å². The summed E-state index contributed by atoms with van der Waals surface area (Å²) in [5, 5.41) is 4.08. The molecule has 0 aliphatic heterocycles. The van der Waals surface area contributed by atoms with Gasteiger partial charge in [-0.15, -0.1) is 0 Å². The Morgan fingerprint density at radius 1 is 1.00 bits per heavy atom. The Kier molecular flexibility index (Phi) is 5.27. The van der Waals surface area contributed by atoms with Crippen LogP contribution in [0.25, 0.3) is 0 Å². The number of benzene rings is 2. The molecule has 1 N–H and O–H groups in total. The minimum atomic E-state index is -0.215. The highest BCUT2D eigenvalue weighted by atomic mass is 35.5. The molecule has 1 amide bonds. The maximum atomic E-state index is 12.4. The SMILES string of the molecule is CCc1ccc(Cl)c(CC)c1NC(=O)c1ccccc1Cl. The highest BCUT2D eigenvalue weighted by molar-refractivity contribution is 6.34. The molecule has 0 aliphatic carbocycles. The Labute approximate surface area is 135 Å². The van der Waals surface area contributed by atoms with Gasteiger partial charge in [0, 0.05) is 10.7 Å². The van der Waals surface area contributed by atoms with E-state index in [1.54, 1.807) is 24.3 Å². The largest absolute Gasteiger partial charge is 0.321 e. The third-order valence-electron chi connectivity index (χ3n) is 3.43. The van der Waals surface area contributed by atoms with Crippen LogP contribution >= 0.6 is 23.2 Å². The molecule has 0 aliphatic rings. The summed E-state index contributed by atoms with van der Waals surface area (Å²) in [6.07, 6.45) is 1.58. The van der Waals surface area contributed by atoms with Crippen LogP contribution in [-0.2, 0) is 12.8 Å². The third kappa shape index (κ3) is 3.39. The minimum Gasteiger partial charge on any atom is -0.321 e. The molecule has 0 saturated heterocycles. The van der Waals surface area contributed by atoms with Crippen LogP contribution in [0, 0.1) is 0 Å². The monoisotopic (exact) mass is 321 g/mol. The van der Waals surface area contributed by atoms with Crippen molar-refractivity contribution in [1.82, 2.24) is 0 Å². The predicted octanol–water partition coefficient (Wildman–Crippen LogP) is 5.37. The van der Waals surface area contributed by atoms with Gasteiger partial charge in [0.25, 0.3) is 5.91 Å². The lowest BCUT2D eigenvalue weighted by atomic mass is 10.0. The molecule has 0 heterocycles. The molecular weight excluding hydrogens is 305 g/mol. The second kappa shape index (κ2) is 6.97. The Morgan fingerprint density at radius 2 is 1.71 bits per heavy atom. The highest BCUT2D eigenvalue weighted by Gasteiger charge is 2.15. The summed E-state index contributed by atoms with van der Waals surface area (Å²) in [4.78, 5) is 12.4. The number of hydrogen-bond acceptors (Lipinski definition) is 1. The van der Waals surface area contributed by atoms with Crippen LogP contribution in [-0.4, -0.2) is 5.91 Å². The molecule has 0 atom stereocenters. The number of aryl methyl sites for hydroxylation is 1. The van der Waals surface area contributed by atoms with Crippen LogP contribution in [0.15, 0.2) is 36.4 Å². The lowest BCUT2D eigenvalue weighted by Crippen LogP contribution is -2.15. The van der Waals surface area contributed by atoms with Crippen LogP contribution in [0.1, 0.15) is 35.3 Å². The Bertz CT molecular complexity index is 668. The number of carbonyl (C=O) groups is 1. The van der Waals surface area contributed by atoms with Gasteiger partial charge in [-0.05, 0) is 42.2 Å². The molecule has 110 valence electrons. The van der Waals surface area contributed by atoms with E-state index >= 15 is 0 Å². The summed E-state index contributed by atoms with van der Waals surface area (Å²) in [5.74, 6) is -0.215. The first-order valence-corrected chi connectivity index (χ1v) is 7.70. The summed E-state index contributed by atoms with van der Waals surface area (Å²) >= 11 is 12.3. The molecule has 4 heteroatoms. The smallest absolute Gasteiger partial charge is 0.257 e. The number of halogens is 2. The Morgan fingerprint density at radius 3 is 2.33 bits per heavy atom. The van der Waals surface area contributed by atoms with E-state index in [1.807, 2.05) is 26.0 Å². The van der Waals surface area contributed by atoms with Crippen molar-refractivity contribution in [2.75, 3.05) is 5.32 Å². The summed E-state index contributed by atoms with van der Waals surface area (Å²) in [5.41, 5.74) is 3.29. The fourth-order valence-electron chi connectivity index (χ4n) is 2.29. The van der Waals surface area contributed by atoms with Crippen LogP contribution < -0.4 is 5.32 Å². The number of amides is 1. The van der Waals surface area contributed by atoms with Crippen LogP contribution in [0.4, 0.5) is 5.69 Å². The summed E-state index contributed by atoms with van der Waals surface area (Å²) in [6.45, 7) is 4.07. The van der Waals surface area contributed by atoms with Gasteiger partial charge in [-0.1, -0.05) is 55.2 Å². The number of rotatable bonds is 4. The van der Waals surface area contributed by atoms with Gasteiger partial charge in [0.2, 0.25) is 0 Å². The molecule has 0 aromatic heterocycles. The van der Waals surface area contributed by atoms with Gasteiger partial charge in [0.15, 0.2) is 0 Å². The van der Waals surface area contributed by atoms with Crippen LogP contribution in [0.3, 0.4) is 0 Å². The molecule has 21 heavy (non-hydrogen) atoms. The van der Waals surface area contributed by atoms with Gasteiger partial charge in [0.05, 0.1) is 10.6 Å². The number of anilines is 1. The van der Waals surface area contributed by atoms with Gasteiger partial charge in [0.1, 0.15) is 0 Å². The predicted molar refractivity (Wildman–Crippen MR) is 89.6 cm³/mol. The molecule has 0 bridgehead atoms. The fraction of sp³-hybridized carbons (Fsp3) is 0.235. The molecule has 2 rings (SSSR count). The Balaban J connectivity index is 2.41. The van der Waals surface area contributed by atoms with Crippen molar-refractivity contribution in [3.05, 3.63) is 63.1 Å². The van der Waals surface area contributed by atoms with Crippen molar-refractivity contribution < 1.29 is 4.79 Å². The van der Waals surface area contributed by atoms with Gasteiger partial charge in [-0.25, -0.2) is 0 Å². The number of carbonyl (C=O) groups excluding carboxylic acids is 1. The van der Waals surface area contributed by atoms with Gasteiger partial charge < -0.3 is 5.32 Å². The van der Waals surface area contributed by atoms with E-state index in [4.69, 9.17) is 23.2 Å². The normalized spacial score (nSPS) is 10.5. The van der Waals surface area contributed by atoms with E-state index in [0.29, 0.717) is 15.6 Å². The van der Waals surface area contributed by atoms with E-state index < -0.39 is 0 Å².